The Balaban J connectivity index is 1.79. The van der Waals surface area contributed by atoms with E-state index in [4.69, 9.17) is 10.5 Å². The first kappa shape index (κ1) is 30.8. The molecule has 0 radical (unpaired) electrons. The highest BCUT2D eigenvalue weighted by Gasteiger charge is 2.39. The van der Waals surface area contributed by atoms with Gasteiger partial charge in [0.05, 0.1) is 6.42 Å². The molecular formula is C30H42N4O6. The Labute approximate surface area is 236 Å². The van der Waals surface area contributed by atoms with Gasteiger partial charge in [-0.3, -0.25) is 24.0 Å². The Bertz CT molecular complexity index is 1170. The van der Waals surface area contributed by atoms with Crippen LogP contribution in [0.1, 0.15) is 77.8 Å². The lowest BCUT2D eigenvalue weighted by atomic mass is 9.97. The molecule has 40 heavy (non-hydrogen) atoms. The third kappa shape index (κ3) is 7.92. The van der Waals surface area contributed by atoms with E-state index in [9.17, 15) is 24.0 Å². The van der Waals surface area contributed by atoms with Gasteiger partial charge in [0.25, 0.3) is 0 Å². The molecule has 4 atom stereocenters. The normalized spacial score (nSPS) is 18.7. The number of esters is 1. The number of benzene rings is 1. The third-order valence-electron chi connectivity index (χ3n) is 7.22. The number of hydrogen-bond donors (Lipinski definition) is 3. The number of carbonyl (C=O) groups excluding carboxylic acids is 5. The molecule has 3 rings (SSSR count). The second-order valence-electron chi connectivity index (χ2n) is 11.6. The van der Waals surface area contributed by atoms with Gasteiger partial charge in [-0.05, 0) is 63.2 Å². The molecule has 218 valence electrons. The van der Waals surface area contributed by atoms with Crippen molar-refractivity contribution < 1.29 is 28.7 Å². The Morgan fingerprint density at radius 1 is 1.10 bits per heavy atom. The van der Waals surface area contributed by atoms with E-state index in [-0.39, 0.29) is 18.7 Å². The number of likely N-dealkylation sites (tertiary alicyclic amines) is 1. The lowest BCUT2D eigenvalue weighted by molar-refractivity contribution is -0.157. The number of hydrogen-bond acceptors (Lipinski definition) is 6. The van der Waals surface area contributed by atoms with Crippen LogP contribution in [-0.4, -0.2) is 64.8 Å². The van der Waals surface area contributed by atoms with Gasteiger partial charge < -0.3 is 26.0 Å². The molecule has 0 bridgehead atoms. The second-order valence-corrected chi connectivity index (χ2v) is 11.6. The summed E-state index contributed by atoms with van der Waals surface area (Å²) in [7, 11) is 0. The summed E-state index contributed by atoms with van der Waals surface area (Å²) in [6, 6.07) is 5.36. The molecule has 1 aliphatic carbocycles. The van der Waals surface area contributed by atoms with Gasteiger partial charge >= 0.3 is 5.97 Å². The molecule has 10 heteroatoms. The highest BCUT2D eigenvalue weighted by molar-refractivity contribution is 5.96. The summed E-state index contributed by atoms with van der Waals surface area (Å²) in [6.45, 7) is 8.97. The number of nitrogens with one attached hydrogen (secondary N) is 2. The Morgan fingerprint density at radius 2 is 1.80 bits per heavy atom. The van der Waals surface area contributed by atoms with Crippen LogP contribution in [0.4, 0.5) is 0 Å². The van der Waals surface area contributed by atoms with Crippen molar-refractivity contribution in [3.8, 4) is 0 Å². The summed E-state index contributed by atoms with van der Waals surface area (Å²) in [4.78, 5) is 65.7. The molecular weight excluding hydrogens is 512 g/mol. The fourth-order valence-electron chi connectivity index (χ4n) is 5.15. The Morgan fingerprint density at radius 3 is 2.45 bits per heavy atom. The van der Waals surface area contributed by atoms with Crippen LogP contribution >= 0.6 is 0 Å². The van der Waals surface area contributed by atoms with Crippen molar-refractivity contribution in [1.82, 2.24) is 15.5 Å². The number of allylic oxidation sites excluding steroid dienone is 1. The van der Waals surface area contributed by atoms with Crippen LogP contribution in [0, 0.1) is 5.92 Å². The summed E-state index contributed by atoms with van der Waals surface area (Å²) in [5.74, 6) is -3.13. The van der Waals surface area contributed by atoms with E-state index in [1.165, 1.54) is 4.90 Å². The van der Waals surface area contributed by atoms with Crippen molar-refractivity contribution in [2.24, 2.45) is 11.7 Å². The van der Waals surface area contributed by atoms with Crippen LogP contribution < -0.4 is 16.4 Å². The van der Waals surface area contributed by atoms with Crippen LogP contribution in [0.15, 0.2) is 30.3 Å². The molecule has 1 fully saturated rings. The van der Waals surface area contributed by atoms with Gasteiger partial charge in [-0.25, -0.2) is 0 Å². The van der Waals surface area contributed by atoms with Gasteiger partial charge in [-0.15, -0.1) is 0 Å². The van der Waals surface area contributed by atoms with Crippen molar-refractivity contribution in [2.75, 3.05) is 6.54 Å². The number of nitrogens with zero attached hydrogens (tertiary/aromatic N) is 1. The van der Waals surface area contributed by atoms with Gasteiger partial charge in [0.2, 0.25) is 23.6 Å². The molecule has 10 nitrogen and oxygen atoms in total. The highest BCUT2D eigenvalue weighted by Crippen LogP contribution is 2.31. The smallest absolute Gasteiger partial charge is 0.307 e. The minimum atomic E-state index is -0.947. The van der Waals surface area contributed by atoms with Gasteiger partial charge in [0.15, 0.2) is 0 Å². The summed E-state index contributed by atoms with van der Waals surface area (Å²) < 4.78 is 5.36. The molecule has 1 aromatic carbocycles. The third-order valence-corrected chi connectivity index (χ3v) is 7.22. The predicted octanol–water partition coefficient (Wildman–Crippen LogP) is 2.24. The number of primary amides is 1. The monoisotopic (exact) mass is 554 g/mol. The fraction of sp³-hybridized carbons (Fsp3) is 0.567. The van der Waals surface area contributed by atoms with Crippen LogP contribution in [0.5, 0.6) is 0 Å². The summed E-state index contributed by atoms with van der Waals surface area (Å²) in [6.07, 6.45) is 4.28. The van der Waals surface area contributed by atoms with Crippen molar-refractivity contribution in [3.05, 3.63) is 41.5 Å². The zero-order valence-corrected chi connectivity index (χ0v) is 24.1. The molecule has 4 amide bonds. The van der Waals surface area contributed by atoms with E-state index < -0.39 is 53.3 Å². The molecule has 2 unspecified atom stereocenters. The van der Waals surface area contributed by atoms with Crippen LogP contribution in [0.25, 0.3) is 5.57 Å². The quantitative estimate of drug-likeness (QED) is 0.357. The zero-order valence-electron chi connectivity index (χ0n) is 24.1. The molecule has 4 N–H and O–H groups in total. The highest BCUT2D eigenvalue weighted by atomic mass is 16.6. The fourth-order valence-corrected chi connectivity index (χ4v) is 5.15. The lowest BCUT2D eigenvalue weighted by Gasteiger charge is -2.30. The van der Waals surface area contributed by atoms with E-state index in [0.29, 0.717) is 25.8 Å². The van der Waals surface area contributed by atoms with Gasteiger partial charge in [0, 0.05) is 18.9 Å². The van der Waals surface area contributed by atoms with Crippen molar-refractivity contribution in [1.29, 1.82) is 0 Å². The van der Waals surface area contributed by atoms with E-state index in [2.05, 4.69) is 10.6 Å². The van der Waals surface area contributed by atoms with E-state index in [0.717, 1.165) is 23.1 Å². The van der Waals surface area contributed by atoms with Gasteiger partial charge in [-0.2, -0.15) is 0 Å². The zero-order chi connectivity index (χ0) is 29.6. The first-order chi connectivity index (χ1) is 18.8. The molecule has 2 aliphatic rings. The van der Waals surface area contributed by atoms with Gasteiger partial charge in [-0.1, -0.05) is 44.2 Å². The molecule has 1 heterocycles. The molecule has 1 aliphatic heterocycles. The molecule has 0 aromatic heterocycles. The average Bonchev–Trinajstić information content (AvgIpc) is 3.52. The number of carbonyl (C=O) groups is 5. The average molecular weight is 555 g/mol. The maximum Gasteiger partial charge on any atom is 0.307 e. The summed E-state index contributed by atoms with van der Waals surface area (Å²) in [5.41, 5.74) is 7.83. The first-order valence-electron chi connectivity index (χ1n) is 14.0. The Kier molecular flexibility index (Phi) is 10.1. The number of fused-ring (bicyclic) bond motifs is 1. The van der Waals surface area contributed by atoms with Crippen molar-refractivity contribution in [2.45, 2.75) is 96.9 Å². The molecule has 1 aromatic rings. The predicted molar refractivity (Wildman–Crippen MR) is 150 cm³/mol. The molecule has 0 spiro atoms. The Hall–Kier alpha value is -3.69. The number of ether oxygens (including phenoxy) is 1. The van der Waals surface area contributed by atoms with E-state index in [1.807, 2.05) is 30.3 Å². The maximum atomic E-state index is 13.9. The number of amides is 4. The SMILES string of the molecule is CCC(NC(=O)C1CCCN1C(=O)[C@@H](CC1=CCc2ccccc21)NC(=O)[C@@H](C)CC(=O)OC(C)(C)C)C(N)=O. The minimum Gasteiger partial charge on any atom is -0.460 e. The summed E-state index contributed by atoms with van der Waals surface area (Å²) >= 11 is 0. The largest absolute Gasteiger partial charge is 0.460 e. The first-order valence-corrected chi connectivity index (χ1v) is 14.0. The van der Waals surface area contributed by atoms with Crippen LogP contribution in [0.3, 0.4) is 0 Å². The van der Waals surface area contributed by atoms with Crippen LogP contribution in [0.2, 0.25) is 0 Å². The molecule has 1 saturated heterocycles. The maximum absolute atomic E-state index is 13.9. The lowest BCUT2D eigenvalue weighted by Crippen LogP contribution is -2.56. The van der Waals surface area contributed by atoms with Crippen LogP contribution in [-0.2, 0) is 35.1 Å². The van der Waals surface area contributed by atoms with Crippen molar-refractivity contribution >= 4 is 35.2 Å². The van der Waals surface area contributed by atoms with E-state index >= 15 is 0 Å². The minimum absolute atomic E-state index is 0.129. The van der Waals surface area contributed by atoms with Crippen molar-refractivity contribution in [3.63, 3.8) is 0 Å². The standard InChI is InChI=1S/C30H42N4O6/c1-6-22(26(31)36)32-28(38)24-12-9-15-34(24)29(39)23(17-20-14-13-19-10-7-8-11-21(19)20)33-27(37)18(2)16-25(35)40-30(3,4)5/h7-8,10-11,14,18,22-24H,6,9,12-13,15-17H2,1-5H3,(H2,31,36)(H,32,38)(H,33,37)/t18-,22?,23+,24?/m0/s1. The number of nitrogens with two attached hydrogens (primary N) is 1. The summed E-state index contributed by atoms with van der Waals surface area (Å²) in [5, 5.41) is 5.52. The number of rotatable bonds is 11. The molecule has 0 saturated carbocycles. The topological polar surface area (TPSA) is 148 Å². The van der Waals surface area contributed by atoms with E-state index in [1.54, 1.807) is 34.6 Å². The second kappa shape index (κ2) is 13.1. The van der Waals surface area contributed by atoms with Gasteiger partial charge in [0.1, 0.15) is 23.7 Å².